The smallest absolute Gasteiger partial charge is 0.139 e. The number of pyridine rings is 1. The molecule has 1 N–H and O–H groups in total. The maximum absolute atomic E-state index is 13.3. The van der Waals surface area contributed by atoms with Crippen molar-refractivity contribution in [3.63, 3.8) is 0 Å². The molecule has 3 rings (SSSR count). The summed E-state index contributed by atoms with van der Waals surface area (Å²) in [6.07, 6.45) is 3.12. The van der Waals surface area contributed by atoms with E-state index in [9.17, 15) is 4.39 Å². The second-order valence-corrected chi connectivity index (χ2v) is 4.32. The zero-order valence-corrected chi connectivity index (χ0v) is 10.7. The zero-order valence-electron chi connectivity index (χ0n) is 10.7. The van der Waals surface area contributed by atoms with Crippen LogP contribution in [-0.4, -0.2) is 27.7 Å². The Bertz CT molecular complexity index is 722. The van der Waals surface area contributed by atoms with Gasteiger partial charge in [-0.05, 0) is 36.4 Å². The Kier molecular flexibility index (Phi) is 3.35. The van der Waals surface area contributed by atoms with Gasteiger partial charge >= 0.3 is 0 Å². The first-order valence-electron chi connectivity index (χ1n) is 6.24. The highest BCUT2D eigenvalue weighted by Gasteiger charge is 2.06. The molecule has 0 unspecified atom stereocenters. The fourth-order valence-corrected chi connectivity index (χ4v) is 2.05. The van der Waals surface area contributed by atoms with Crippen molar-refractivity contribution >= 4 is 5.65 Å². The van der Waals surface area contributed by atoms with Crippen LogP contribution < -0.4 is 4.74 Å². The third kappa shape index (κ3) is 2.35. The SMILES string of the molecule is OCCOc1ccc(-c2cnc3ccc(F)cn23)cc1. The summed E-state index contributed by atoms with van der Waals surface area (Å²) in [7, 11) is 0. The van der Waals surface area contributed by atoms with E-state index in [1.54, 1.807) is 16.7 Å². The van der Waals surface area contributed by atoms with Gasteiger partial charge in [0, 0.05) is 11.8 Å². The van der Waals surface area contributed by atoms with E-state index in [0.29, 0.717) is 11.4 Å². The van der Waals surface area contributed by atoms with Crippen molar-refractivity contribution in [3.05, 3.63) is 54.6 Å². The molecule has 0 saturated carbocycles. The van der Waals surface area contributed by atoms with Gasteiger partial charge in [-0.3, -0.25) is 4.40 Å². The second-order valence-electron chi connectivity index (χ2n) is 4.32. The molecule has 0 spiro atoms. The minimum absolute atomic E-state index is 0.0196. The van der Waals surface area contributed by atoms with E-state index in [1.165, 1.54) is 12.3 Å². The standard InChI is InChI=1S/C15H13FN2O2/c16-12-3-6-15-17-9-14(18(15)10-12)11-1-4-13(5-2-11)20-8-7-19/h1-6,9-10,19H,7-8H2. The summed E-state index contributed by atoms with van der Waals surface area (Å²) in [5, 5.41) is 8.70. The van der Waals surface area contributed by atoms with Crippen LogP contribution in [0.1, 0.15) is 0 Å². The van der Waals surface area contributed by atoms with E-state index < -0.39 is 0 Å². The third-order valence-corrected chi connectivity index (χ3v) is 2.98. The summed E-state index contributed by atoms with van der Waals surface area (Å²) in [6, 6.07) is 10.4. The number of benzene rings is 1. The topological polar surface area (TPSA) is 46.8 Å². The minimum Gasteiger partial charge on any atom is -0.491 e. The molecule has 5 heteroatoms. The summed E-state index contributed by atoms with van der Waals surface area (Å²) in [6.45, 7) is 0.245. The first-order valence-corrected chi connectivity index (χ1v) is 6.24. The van der Waals surface area contributed by atoms with Crippen LogP contribution in [0.5, 0.6) is 5.75 Å². The lowest BCUT2D eigenvalue weighted by Gasteiger charge is -2.06. The highest BCUT2D eigenvalue weighted by Crippen LogP contribution is 2.23. The second kappa shape index (κ2) is 5.30. The Labute approximate surface area is 115 Å². The van der Waals surface area contributed by atoms with Gasteiger partial charge in [0.05, 0.1) is 18.5 Å². The van der Waals surface area contributed by atoms with E-state index in [-0.39, 0.29) is 19.0 Å². The highest BCUT2D eigenvalue weighted by molar-refractivity contribution is 5.64. The molecule has 102 valence electrons. The first-order chi connectivity index (χ1) is 9.78. The van der Waals surface area contributed by atoms with Gasteiger partial charge < -0.3 is 9.84 Å². The van der Waals surface area contributed by atoms with Crippen LogP contribution in [0.3, 0.4) is 0 Å². The van der Waals surface area contributed by atoms with Crippen molar-refractivity contribution in [3.8, 4) is 17.0 Å². The van der Waals surface area contributed by atoms with Gasteiger partial charge in [0.1, 0.15) is 23.8 Å². The molecule has 0 amide bonds. The normalized spacial score (nSPS) is 10.9. The average Bonchev–Trinajstić information content (AvgIpc) is 2.88. The number of aliphatic hydroxyl groups is 1. The fourth-order valence-electron chi connectivity index (χ4n) is 2.05. The molecular weight excluding hydrogens is 259 g/mol. The first kappa shape index (κ1) is 12.6. The number of halogens is 1. The predicted octanol–water partition coefficient (Wildman–Crippen LogP) is 2.51. The van der Waals surface area contributed by atoms with Crippen LogP contribution >= 0.6 is 0 Å². The average molecular weight is 272 g/mol. The van der Waals surface area contributed by atoms with Crippen molar-refractivity contribution in [2.24, 2.45) is 0 Å². The molecular formula is C15H13FN2O2. The number of hydrogen-bond donors (Lipinski definition) is 1. The quantitative estimate of drug-likeness (QED) is 0.793. The van der Waals surface area contributed by atoms with Crippen LogP contribution in [0.25, 0.3) is 16.9 Å². The number of fused-ring (bicyclic) bond motifs is 1. The largest absolute Gasteiger partial charge is 0.491 e. The molecule has 20 heavy (non-hydrogen) atoms. The Balaban J connectivity index is 1.96. The minimum atomic E-state index is -0.306. The van der Waals surface area contributed by atoms with Crippen LogP contribution in [0.4, 0.5) is 4.39 Å². The number of rotatable bonds is 4. The molecule has 2 heterocycles. The van der Waals surface area contributed by atoms with Crippen molar-refractivity contribution in [1.29, 1.82) is 0 Å². The van der Waals surface area contributed by atoms with Gasteiger partial charge in [-0.2, -0.15) is 0 Å². The van der Waals surface area contributed by atoms with Crippen molar-refractivity contribution in [1.82, 2.24) is 9.38 Å². The van der Waals surface area contributed by atoms with E-state index in [4.69, 9.17) is 9.84 Å². The Hall–Kier alpha value is -2.40. The maximum Gasteiger partial charge on any atom is 0.139 e. The number of ether oxygens (including phenoxy) is 1. The van der Waals surface area contributed by atoms with Gasteiger partial charge in [0.15, 0.2) is 0 Å². The lowest BCUT2D eigenvalue weighted by Crippen LogP contribution is -2.01. The number of hydrogen-bond acceptors (Lipinski definition) is 3. The maximum atomic E-state index is 13.3. The molecule has 0 aliphatic rings. The molecule has 0 aliphatic heterocycles. The molecule has 4 nitrogen and oxygen atoms in total. The molecule has 1 aromatic carbocycles. The van der Waals surface area contributed by atoms with E-state index in [2.05, 4.69) is 4.98 Å². The predicted molar refractivity (Wildman–Crippen MR) is 73.2 cm³/mol. The van der Waals surface area contributed by atoms with Gasteiger partial charge in [0.2, 0.25) is 0 Å². The highest BCUT2D eigenvalue weighted by atomic mass is 19.1. The lowest BCUT2D eigenvalue weighted by atomic mass is 10.1. The van der Waals surface area contributed by atoms with Crippen LogP contribution in [0, 0.1) is 5.82 Å². The van der Waals surface area contributed by atoms with Crippen LogP contribution in [-0.2, 0) is 0 Å². The van der Waals surface area contributed by atoms with Crippen LogP contribution in [0.2, 0.25) is 0 Å². The van der Waals surface area contributed by atoms with Crippen LogP contribution in [0.15, 0.2) is 48.8 Å². The van der Waals surface area contributed by atoms with Gasteiger partial charge in [-0.25, -0.2) is 9.37 Å². The number of nitrogens with zero attached hydrogens (tertiary/aromatic N) is 2. The Morgan fingerprint density at radius 2 is 1.95 bits per heavy atom. The molecule has 0 fully saturated rings. The van der Waals surface area contributed by atoms with Crippen molar-refractivity contribution in [2.75, 3.05) is 13.2 Å². The summed E-state index contributed by atoms with van der Waals surface area (Å²) in [5.41, 5.74) is 2.43. The van der Waals surface area contributed by atoms with Crippen molar-refractivity contribution < 1.29 is 14.2 Å². The summed E-state index contributed by atoms with van der Waals surface area (Å²) in [5.74, 6) is 0.377. The summed E-state index contributed by atoms with van der Waals surface area (Å²) in [4.78, 5) is 4.24. The zero-order chi connectivity index (χ0) is 13.9. The molecule has 0 radical (unpaired) electrons. The molecule has 0 aliphatic carbocycles. The monoisotopic (exact) mass is 272 g/mol. The molecule has 3 aromatic rings. The third-order valence-electron chi connectivity index (χ3n) is 2.98. The van der Waals surface area contributed by atoms with E-state index in [1.807, 2.05) is 24.3 Å². The summed E-state index contributed by atoms with van der Waals surface area (Å²) >= 11 is 0. The van der Waals surface area contributed by atoms with Gasteiger partial charge in [-0.15, -0.1) is 0 Å². The molecule has 2 aromatic heterocycles. The number of aromatic nitrogens is 2. The van der Waals surface area contributed by atoms with Gasteiger partial charge in [0.25, 0.3) is 0 Å². The number of aliphatic hydroxyl groups excluding tert-OH is 1. The molecule has 0 atom stereocenters. The fraction of sp³-hybridized carbons (Fsp3) is 0.133. The Morgan fingerprint density at radius 3 is 2.70 bits per heavy atom. The molecule has 0 bridgehead atoms. The number of imidazole rings is 1. The lowest BCUT2D eigenvalue weighted by molar-refractivity contribution is 0.201. The van der Waals surface area contributed by atoms with Crippen molar-refractivity contribution in [2.45, 2.75) is 0 Å². The van der Waals surface area contributed by atoms with E-state index >= 15 is 0 Å². The molecule has 0 saturated heterocycles. The van der Waals surface area contributed by atoms with E-state index in [0.717, 1.165) is 11.3 Å². The summed E-state index contributed by atoms with van der Waals surface area (Å²) < 4.78 is 20.3. The Morgan fingerprint density at radius 1 is 1.15 bits per heavy atom. The van der Waals surface area contributed by atoms with Gasteiger partial charge in [-0.1, -0.05) is 0 Å².